The van der Waals surface area contributed by atoms with Crippen molar-refractivity contribution in [2.45, 2.75) is 13.5 Å². The summed E-state index contributed by atoms with van der Waals surface area (Å²) in [4.78, 5) is 12.0. The van der Waals surface area contributed by atoms with Crippen molar-refractivity contribution in [2.24, 2.45) is 0 Å². The van der Waals surface area contributed by atoms with Crippen molar-refractivity contribution in [1.29, 1.82) is 0 Å². The summed E-state index contributed by atoms with van der Waals surface area (Å²) in [6.45, 7) is 2.16. The Bertz CT molecular complexity index is 618. The lowest BCUT2D eigenvalue weighted by Gasteiger charge is -2.08. The van der Waals surface area contributed by atoms with Gasteiger partial charge in [-0.3, -0.25) is 4.79 Å². The van der Waals surface area contributed by atoms with Crippen LogP contribution >= 0.6 is 34.8 Å². The number of carbonyl (C=O) groups excluding carboxylic acids is 1. The highest BCUT2D eigenvalue weighted by Gasteiger charge is 2.14. The zero-order chi connectivity index (χ0) is 14.7. The monoisotopic (exact) mass is 329 g/mol. The van der Waals surface area contributed by atoms with Gasteiger partial charge in [0, 0.05) is 17.2 Å². The van der Waals surface area contributed by atoms with E-state index in [1.165, 1.54) is 12.1 Å². The maximum atomic E-state index is 12.0. The van der Waals surface area contributed by atoms with Gasteiger partial charge in [-0.15, -0.1) is 0 Å². The maximum absolute atomic E-state index is 12.0. The van der Waals surface area contributed by atoms with E-state index < -0.39 is 0 Å². The SMILES string of the molecule is Cc1cc[n+](CC(=O)Nc2c(Cl)cc(Cl)cc2Cl)cc1. The molecule has 1 N–H and O–H groups in total. The highest BCUT2D eigenvalue weighted by molar-refractivity contribution is 6.42. The minimum Gasteiger partial charge on any atom is -0.318 e. The number of aryl methyl sites for hydroxylation is 1. The number of nitrogens with zero attached hydrogens (tertiary/aromatic N) is 1. The van der Waals surface area contributed by atoms with E-state index in [1.807, 2.05) is 31.5 Å². The van der Waals surface area contributed by atoms with Gasteiger partial charge in [-0.25, -0.2) is 0 Å². The van der Waals surface area contributed by atoms with Crippen LogP contribution in [-0.2, 0) is 11.3 Å². The van der Waals surface area contributed by atoms with Gasteiger partial charge in [0.1, 0.15) is 0 Å². The molecule has 1 aromatic heterocycles. The molecule has 1 heterocycles. The Kier molecular flexibility index (Phi) is 4.86. The largest absolute Gasteiger partial charge is 0.318 e. The molecule has 0 spiro atoms. The van der Waals surface area contributed by atoms with Gasteiger partial charge < -0.3 is 5.32 Å². The lowest BCUT2D eigenvalue weighted by atomic mass is 10.3. The predicted molar refractivity (Wildman–Crippen MR) is 81.5 cm³/mol. The van der Waals surface area contributed by atoms with Crippen LogP contribution in [0.2, 0.25) is 15.1 Å². The zero-order valence-corrected chi connectivity index (χ0v) is 12.9. The normalized spacial score (nSPS) is 10.4. The van der Waals surface area contributed by atoms with Crippen molar-refractivity contribution in [2.75, 3.05) is 5.32 Å². The Morgan fingerprint density at radius 2 is 1.70 bits per heavy atom. The molecule has 0 saturated heterocycles. The molecule has 0 unspecified atom stereocenters. The number of nitrogens with one attached hydrogen (secondary N) is 1. The second kappa shape index (κ2) is 6.44. The smallest absolute Gasteiger partial charge is 0.290 e. The molecule has 0 fully saturated rings. The van der Waals surface area contributed by atoms with Crippen LogP contribution in [0.1, 0.15) is 5.56 Å². The van der Waals surface area contributed by atoms with Gasteiger partial charge in [-0.05, 0) is 24.6 Å². The first-order valence-electron chi connectivity index (χ1n) is 5.86. The molecule has 0 saturated carbocycles. The van der Waals surface area contributed by atoms with E-state index in [0.29, 0.717) is 20.8 Å². The summed E-state index contributed by atoms with van der Waals surface area (Å²) in [5.41, 5.74) is 1.50. The number of pyridine rings is 1. The zero-order valence-electron chi connectivity index (χ0n) is 10.7. The number of amides is 1. The average molecular weight is 331 g/mol. The molecule has 2 rings (SSSR count). The highest BCUT2D eigenvalue weighted by Crippen LogP contribution is 2.33. The van der Waals surface area contributed by atoms with Gasteiger partial charge in [-0.2, -0.15) is 4.57 Å². The molecule has 104 valence electrons. The topological polar surface area (TPSA) is 33.0 Å². The van der Waals surface area contributed by atoms with E-state index in [4.69, 9.17) is 34.8 Å². The van der Waals surface area contributed by atoms with Crippen LogP contribution in [0, 0.1) is 6.92 Å². The van der Waals surface area contributed by atoms with Crippen LogP contribution in [0.5, 0.6) is 0 Å². The molecule has 0 aliphatic rings. The third-order valence-electron chi connectivity index (χ3n) is 2.66. The van der Waals surface area contributed by atoms with E-state index in [0.717, 1.165) is 5.56 Å². The van der Waals surface area contributed by atoms with Gasteiger partial charge in [0.2, 0.25) is 6.54 Å². The highest BCUT2D eigenvalue weighted by atomic mass is 35.5. The number of carbonyl (C=O) groups is 1. The first kappa shape index (κ1) is 15.1. The van der Waals surface area contributed by atoms with Gasteiger partial charge >= 0.3 is 0 Å². The van der Waals surface area contributed by atoms with Crippen molar-refractivity contribution in [3.05, 3.63) is 57.3 Å². The number of aromatic nitrogens is 1. The van der Waals surface area contributed by atoms with Crippen molar-refractivity contribution < 1.29 is 9.36 Å². The van der Waals surface area contributed by atoms with E-state index in [2.05, 4.69) is 5.32 Å². The lowest BCUT2D eigenvalue weighted by Crippen LogP contribution is -2.39. The van der Waals surface area contributed by atoms with Crippen molar-refractivity contribution >= 4 is 46.4 Å². The van der Waals surface area contributed by atoms with Gasteiger partial charge in [-0.1, -0.05) is 34.8 Å². The second-order valence-corrected chi connectivity index (χ2v) is 5.59. The van der Waals surface area contributed by atoms with Crippen LogP contribution in [0.3, 0.4) is 0 Å². The molecule has 0 atom stereocenters. The summed E-state index contributed by atoms with van der Waals surface area (Å²) in [6.07, 6.45) is 3.67. The number of halogens is 3. The number of anilines is 1. The molecule has 6 heteroatoms. The molecule has 2 aromatic rings. The van der Waals surface area contributed by atoms with Gasteiger partial charge in [0.15, 0.2) is 12.4 Å². The number of rotatable bonds is 3. The van der Waals surface area contributed by atoms with Crippen LogP contribution in [0.25, 0.3) is 0 Å². The second-order valence-electron chi connectivity index (χ2n) is 4.34. The van der Waals surface area contributed by atoms with Crippen molar-refractivity contribution in [1.82, 2.24) is 0 Å². The average Bonchev–Trinajstić information content (AvgIpc) is 2.36. The predicted octanol–water partition coefficient (Wildman–Crippen LogP) is 3.88. The van der Waals surface area contributed by atoms with Crippen LogP contribution < -0.4 is 9.88 Å². The summed E-state index contributed by atoms with van der Waals surface area (Å²) < 4.78 is 1.76. The fourth-order valence-corrected chi connectivity index (χ4v) is 2.56. The standard InChI is InChI=1S/C14H11Cl3N2O/c1-9-2-4-19(5-3-9)8-13(20)18-14-11(16)6-10(15)7-12(14)17/h2-7H,8H2,1H3/p+1. The third kappa shape index (κ3) is 3.85. The van der Waals surface area contributed by atoms with Gasteiger partial charge in [0.05, 0.1) is 15.7 Å². The molecule has 0 bridgehead atoms. The Labute approximate surface area is 132 Å². The van der Waals surface area contributed by atoms with Crippen molar-refractivity contribution in [3.8, 4) is 0 Å². The van der Waals surface area contributed by atoms with Crippen molar-refractivity contribution in [3.63, 3.8) is 0 Å². The lowest BCUT2D eigenvalue weighted by molar-refractivity contribution is -0.684. The maximum Gasteiger partial charge on any atom is 0.290 e. The van der Waals surface area contributed by atoms with E-state index in [9.17, 15) is 4.79 Å². The van der Waals surface area contributed by atoms with E-state index >= 15 is 0 Å². The first-order valence-corrected chi connectivity index (χ1v) is 6.99. The molecule has 3 nitrogen and oxygen atoms in total. The summed E-state index contributed by atoms with van der Waals surface area (Å²) >= 11 is 17.8. The third-order valence-corrected chi connectivity index (χ3v) is 3.47. The number of hydrogen-bond donors (Lipinski definition) is 1. The molecular formula is C14H12Cl3N2O+. The molecule has 20 heavy (non-hydrogen) atoms. The minimum absolute atomic E-state index is 0.176. The molecule has 1 amide bonds. The molecule has 0 aliphatic carbocycles. The Balaban J connectivity index is 2.10. The van der Waals surface area contributed by atoms with Gasteiger partial charge in [0.25, 0.3) is 5.91 Å². The fraction of sp³-hybridized carbons (Fsp3) is 0.143. The quantitative estimate of drug-likeness (QED) is 0.851. The molecule has 0 radical (unpaired) electrons. The van der Waals surface area contributed by atoms with E-state index in [-0.39, 0.29) is 12.5 Å². The molecule has 0 aliphatic heterocycles. The minimum atomic E-state index is -0.218. The fourth-order valence-electron chi connectivity index (χ4n) is 1.64. The van der Waals surface area contributed by atoms with E-state index in [1.54, 1.807) is 4.57 Å². The Morgan fingerprint density at radius 3 is 2.25 bits per heavy atom. The Hall–Kier alpha value is -1.29. The molecule has 1 aromatic carbocycles. The first-order chi connectivity index (χ1) is 9.45. The number of hydrogen-bond acceptors (Lipinski definition) is 1. The summed E-state index contributed by atoms with van der Waals surface area (Å²) in [6, 6.07) is 6.91. The summed E-state index contributed by atoms with van der Waals surface area (Å²) in [5, 5.41) is 3.73. The number of benzene rings is 1. The summed E-state index contributed by atoms with van der Waals surface area (Å²) in [7, 11) is 0. The van der Waals surface area contributed by atoms with Crippen LogP contribution in [0.4, 0.5) is 5.69 Å². The summed E-state index contributed by atoms with van der Waals surface area (Å²) in [5.74, 6) is -0.218. The van der Waals surface area contributed by atoms with Crippen LogP contribution in [-0.4, -0.2) is 5.91 Å². The van der Waals surface area contributed by atoms with Crippen LogP contribution in [0.15, 0.2) is 36.7 Å². The Morgan fingerprint density at radius 1 is 1.15 bits per heavy atom. The molecular weight excluding hydrogens is 319 g/mol.